The van der Waals surface area contributed by atoms with Crippen molar-refractivity contribution in [1.82, 2.24) is 0 Å². The summed E-state index contributed by atoms with van der Waals surface area (Å²) in [5, 5.41) is 0. The van der Waals surface area contributed by atoms with Crippen LogP contribution in [0, 0.1) is 5.41 Å². The van der Waals surface area contributed by atoms with Gasteiger partial charge in [0, 0.05) is 12.2 Å². The van der Waals surface area contributed by atoms with E-state index in [9.17, 15) is 22.8 Å². The van der Waals surface area contributed by atoms with Gasteiger partial charge in [0.1, 0.15) is 17.6 Å². The zero-order chi connectivity index (χ0) is 21.3. The van der Waals surface area contributed by atoms with E-state index in [-0.39, 0.29) is 57.8 Å². The Labute approximate surface area is 208 Å². The van der Waals surface area contributed by atoms with Gasteiger partial charge in [0.25, 0.3) is 0 Å². The monoisotopic (exact) mass is 446 g/mol. The van der Waals surface area contributed by atoms with Gasteiger partial charge in [0.2, 0.25) is 5.94 Å². The van der Waals surface area contributed by atoms with E-state index in [0.717, 1.165) is 12.2 Å². The van der Waals surface area contributed by atoms with Gasteiger partial charge in [-0.3, -0.25) is 9.35 Å². The first-order valence-corrected chi connectivity index (χ1v) is 9.84. The maximum absolute atomic E-state index is 12.8. The van der Waals surface area contributed by atoms with Crippen LogP contribution >= 0.6 is 0 Å². The van der Waals surface area contributed by atoms with E-state index in [2.05, 4.69) is 13.2 Å². The van der Waals surface area contributed by atoms with E-state index in [0.29, 0.717) is 12.8 Å². The fraction of sp³-hybridized carbons (Fsp3) is 0.588. The third kappa shape index (κ3) is 9.29. The molecule has 0 aromatic rings. The summed E-state index contributed by atoms with van der Waals surface area (Å²) >= 11 is 0. The molecule has 0 aliphatic heterocycles. The number of carbonyl (C=O) groups excluding carboxylic acids is 3. The minimum absolute atomic E-state index is 0. The summed E-state index contributed by atoms with van der Waals surface area (Å²) in [6.07, 6.45) is 0.623. The van der Waals surface area contributed by atoms with Crippen molar-refractivity contribution in [3.05, 3.63) is 25.3 Å². The average molecular weight is 447 g/mol. The molecule has 28 heavy (non-hydrogen) atoms. The molecule has 1 N–H and O–H groups in total. The van der Waals surface area contributed by atoms with E-state index in [1.165, 1.54) is 13.8 Å². The predicted molar refractivity (Wildman–Crippen MR) is 103 cm³/mol. The van der Waals surface area contributed by atoms with Gasteiger partial charge in [0.05, 0.1) is 0 Å². The number of hydrogen-bond donors (Lipinski definition) is 1. The zero-order valence-electron chi connectivity index (χ0n) is 15.7. The van der Waals surface area contributed by atoms with Gasteiger partial charge in [0.15, 0.2) is 0 Å². The van der Waals surface area contributed by atoms with Gasteiger partial charge in [-0.25, -0.2) is 9.59 Å². The van der Waals surface area contributed by atoms with Crippen molar-refractivity contribution in [2.45, 2.75) is 52.2 Å². The molecule has 2 atom stereocenters. The fourth-order valence-corrected chi connectivity index (χ4v) is 2.81. The maximum atomic E-state index is 12.8. The topological polar surface area (TPSA) is 133 Å². The summed E-state index contributed by atoms with van der Waals surface area (Å²) in [4.78, 5) is 36.1. The molecule has 0 radical (unpaired) electrons. The second-order valence-corrected chi connectivity index (χ2v) is 7.24. The molecule has 0 aliphatic rings. The van der Waals surface area contributed by atoms with Gasteiger partial charge < -0.3 is 14.2 Å². The summed E-state index contributed by atoms with van der Waals surface area (Å²) in [7, 11) is -4.60. The number of ether oxygens (including phenoxy) is 3. The Morgan fingerprint density at radius 2 is 1.50 bits per heavy atom. The molecule has 11 heteroatoms. The average Bonchev–Trinajstić information content (AvgIpc) is 2.59. The van der Waals surface area contributed by atoms with E-state index < -0.39 is 51.6 Å². The van der Waals surface area contributed by atoms with Crippen LogP contribution in [0.4, 0.5) is 0 Å². The normalized spacial score (nSPS) is 15.0. The second kappa shape index (κ2) is 13.6. The summed E-state index contributed by atoms with van der Waals surface area (Å²) in [5.74, 6) is -4.03. The van der Waals surface area contributed by atoms with Crippen molar-refractivity contribution in [2.24, 2.45) is 5.41 Å². The molecule has 0 aliphatic carbocycles. The Balaban J connectivity index is 0. The van der Waals surface area contributed by atoms with E-state index in [4.69, 9.17) is 18.8 Å². The first-order valence-electron chi connectivity index (χ1n) is 8.23. The predicted octanol–water partition coefficient (Wildman–Crippen LogP) is 1.14. The van der Waals surface area contributed by atoms with Gasteiger partial charge in [-0.2, -0.15) is 8.42 Å². The molecule has 0 heterocycles. The van der Waals surface area contributed by atoms with Gasteiger partial charge in [-0.05, 0) is 20.3 Å². The number of rotatable bonds is 12. The first-order chi connectivity index (χ1) is 12.4. The van der Waals surface area contributed by atoms with Gasteiger partial charge in [-0.15, -0.1) is 0 Å². The molecular formula is C17H27KO9S. The van der Waals surface area contributed by atoms with Crippen LogP contribution in [0.2, 0.25) is 0 Å². The molecular weight excluding hydrogens is 419 g/mol. The zero-order valence-corrected chi connectivity index (χ0v) is 16.5. The number of carbonyl (C=O) groups is 3. The van der Waals surface area contributed by atoms with E-state index in [1.54, 1.807) is 0 Å². The Morgan fingerprint density at radius 1 is 1.07 bits per heavy atom. The van der Waals surface area contributed by atoms with Crippen LogP contribution in [0.3, 0.4) is 0 Å². The fourth-order valence-electron chi connectivity index (χ4n) is 2.56. The molecule has 0 amide bonds. The summed E-state index contributed by atoms with van der Waals surface area (Å²) in [6, 6.07) is 0. The van der Waals surface area contributed by atoms with Crippen LogP contribution in [-0.2, 0) is 38.7 Å². The van der Waals surface area contributed by atoms with Gasteiger partial charge >= 0.3 is 79.4 Å². The molecule has 0 fully saturated rings. The van der Waals surface area contributed by atoms with Crippen molar-refractivity contribution >= 4 is 79.4 Å². The number of hydrogen-bond acceptors (Lipinski definition) is 8. The molecule has 0 aromatic carbocycles. The van der Waals surface area contributed by atoms with Crippen LogP contribution in [0.15, 0.2) is 25.3 Å². The van der Waals surface area contributed by atoms with Crippen LogP contribution < -0.4 is 0 Å². The molecule has 0 spiro atoms. The van der Waals surface area contributed by atoms with Crippen molar-refractivity contribution in [2.75, 3.05) is 5.94 Å². The SMILES string of the molecule is C=CC(=O)OC(C)C(CCCC)(C(=O)OCS(=O)(=O)O)C(C)OC(=O)C=C.[KH]. The van der Waals surface area contributed by atoms with Gasteiger partial charge in [-0.1, -0.05) is 32.9 Å². The molecule has 9 nitrogen and oxygen atoms in total. The Morgan fingerprint density at radius 3 is 1.82 bits per heavy atom. The Hall–Kier alpha value is -0.564. The molecule has 0 saturated carbocycles. The number of unbranched alkanes of at least 4 members (excludes halogenated alkanes) is 1. The second-order valence-electron chi connectivity index (χ2n) is 5.84. The summed E-state index contributed by atoms with van der Waals surface area (Å²) in [5.41, 5.74) is -1.71. The van der Waals surface area contributed by atoms with Crippen molar-refractivity contribution in [3.63, 3.8) is 0 Å². The third-order valence-corrected chi connectivity index (χ3v) is 4.45. The minimum atomic E-state index is -4.60. The number of esters is 3. The van der Waals surface area contributed by atoms with Crippen LogP contribution in [-0.4, -0.2) is 100 Å². The molecule has 2 unspecified atom stereocenters. The summed E-state index contributed by atoms with van der Waals surface area (Å²) in [6.45, 7) is 11.2. The van der Waals surface area contributed by atoms with Crippen molar-refractivity contribution < 1.29 is 41.6 Å². The summed E-state index contributed by atoms with van der Waals surface area (Å²) < 4.78 is 45.8. The third-order valence-electron chi connectivity index (χ3n) is 4.03. The van der Waals surface area contributed by atoms with E-state index >= 15 is 0 Å². The molecule has 0 saturated heterocycles. The standard InChI is InChI=1S/C17H26O9S.K.H/c1-6-9-10-17(12(4)25-14(18)7-2,13(5)26-15(19)8-3)16(20)24-11-27(21,22)23;;/h7-8,12-13H,2-3,6,9-11H2,1,4-5H3,(H,21,22,23);;. The van der Waals surface area contributed by atoms with Crippen molar-refractivity contribution in [1.29, 1.82) is 0 Å². The Kier molecular flexibility index (Phi) is 14.4. The van der Waals surface area contributed by atoms with Crippen LogP contribution in [0.25, 0.3) is 0 Å². The molecule has 0 rings (SSSR count). The quantitative estimate of drug-likeness (QED) is 0.154. The van der Waals surface area contributed by atoms with E-state index in [1.807, 2.05) is 6.92 Å². The molecule has 0 aromatic heterocycles. The van der Waals surface area contributed by atoms with Crippen LogP contribution in [0.5, 0.6) is 0 Å². The van der Waals surface area contributed by atoms with Crippen LogP contribution in [0.1, 0.15) is 40.0 Å². The van der Waals surface area contributed by atoms with Crippen molar-refractivity contribution in [3.8, 4) is 0 Å². The molecule has 0 bridgehead atoms. The first kappa shape index (κ1) is 29.6. The Bertz CT molecular complexity index is 644. The molecule has 156 valence electrons.